The highest BCUT2D eigenvalue weighted by Gasteiger charge is 2.10. The Hall–Kier alpha value is -2.47. The van der Waals surface area contributed by atoms with Gasteiger partial charge in [0, 0.05) is 6.54 Å². The lowest BCUT2D eigenvalue weighted by Crippen LogP contribution is -2.17. The van der Waals surface area contributed by atoms with E-state index in [0.29, 0.717) is 16.9 Å². The standard InChI is InChI=1S/C18H17FN2O2S/c1-2-21-17-14(19)9-6-10-15(17)24-18(21)20-16(22)11-12-23-13-7-4-3-5-8-13/h3-10H,2,11-12H2,1H3. The van der Waals surface area contributed by atoms with Gasteiger partial charge in [-0.05, 0) is 31.2 Å². The molecule has 0 radical (unpaired) electrons. The molecule has 0 saturated heterocycles. The maximum Gasteiger partial charge on any atom is 0.251 e. The lowest BCUT2D eigenvalue weighted by atomic mass is 10.3. The van der Waals surface area contributed by atoms with Crippen molar-refractivity contribution in [1.29, 1.82) is 0 Å². The summed E-state index contributed by atoms with van der Waals surface area (Å²) in [6, 6.07) is 14.2. The second kappa shape index (κ2) is 7.40. The van der Waals surface area contributed by atoms with E-state index in [9.17, 15) is 9.18 Å². The normalized spacial score (nSPS) is 11.8. The van der Waals surface area contributed by atoms with Gasteiger partial charge in [0.15, 0.2) is 4.80 Å². The summed E-state index contributed by atoms with van der Waals surface area (Å²) < 4.78 is 22.0. The number of halogens is 1. The zero-order valence-electron chi connectivity index (χ0n) is 13.2. The third-order valence-corrected chi connectivity index (χ3v) is 4.56. The highest BCUT2D eigenvalue weighted by atomic mass is 32.1. The summed E-state index contributed by atoms with van der Waals surface area (Å²) in [5, 5.41) is 0. The fraction of sp³-hybridized carbons (Fsp3) is 0.222. The first-order chi connectivity index (χ1) is 11.7. The van der Waals surface area contributed by atoms with E-state index >= 15 is 0 Å². The number of amides is 1. The summed E-state index contributed by atoms with van der Waals surface area (Å²) in [6.45, 7) is 2.71. The first-order valence-corrected chi connectivity index (χ1v) is 8.54. The number of para-hydroxylation sites is 2. The van der Waals surface area contributed by atoms with Crippen molar-refractivity contribution in [2.45, 2.75) is 19.9 Å². The minimum Gasteiger partial charge on any atom is -0.493 e. The summed E-state index contributed by atoms with van der Waals surface area (Å²) in [5.74, 6) is 0.143. The molecule has 0 atom stereocenters. The van der Waals surface area contributed by atoms with Crippen LogP contribution in [0.15, 0.2) is 53.5 Å². The highest BCUT2D eigenvalue weighted by molar-refractivity contribution is 7.16. The molecule has 0 aliphatic heterocycles. The van der Waals surface area contributed by atoms with Crippen LogP contribution >= 0.6 is 11.3 Å². The summed E-state index contributed by atoms with van der Waals surface area (Å²) in [6.07, 6.45) is 0.176. The molecule has 0 aliphatic rings. The molecule has 3 aromatic rings. The fourth-order valence-corrected chi connectivity index (χ4v) is 3.53. The molecule has 6 heteroatoms. The van der Waals surface area contributed by atoms with Gasteiger partial charge in [-0.2, -0.15) is 4.99 Å². The number of aryl methyl sites for hydroxylation is 1. The van der Waals surface area contributed by atoms with Crippen LogP contribution in [0, 0.1) is 5.82 Å². The molecular formula is C18H17FN2O2S. The first kappa shape index (κ1) is 16.4. The van der Waals surface area contributed by atoms with Crippen molar-refractivity contribution in [2.75, 3.05) is 6.61 Å². The number of hydrogen-bond donors (Lipinski definition) is 0. The Labute approximate surface area is 142 Å². The van der Waals surface area contributed by atoms with Crippen LogP contribution in [0.1, 0.15) is 13.3 Å². The van der Waals surface area contributed by atoms with Crippen LogP contribution in [-0.4, -0.2) is 17.1 Å². The molecule has 0 fully saturated rings. The number of ether oxygens (including phenoxy) is 1. The molecule has 24 heavy (non-hydrogen) atoms. The van der Waals surface area contributed by atoms with E-state index in [1.165, 1.54) is 17.4 Å². The minimum absolute atomic E-state index is 0.176. The molecule has 0 unspecified atom stereocenters. The number of carbonyl (C=O) groups is 1. The molecule has 0 spiro atoms. The van der Waals surface area contributed by atoms with Crippen molar-refractivity contribution in [3.63, 3.8) is 0 Å². The van der Waals surface area contributed by atoms with Crippen LogP contribution in [0.25, 0.3) is 10.2 Å². The predicted octanol–water partition coefficient (Wildman–Crippen LogP) is 3.76. The van der Waals surface area contributed by atoms with Crippen molar-refractivity contribution >= 4 is 27.5 Å². The smallest absolute Gasteiger partial charge is 0.251 e. The molecule has 1 aromatic heterocycles. The molecule has 0 bridgehead atoms. The number of fused-ring (bicyclic) bond motifs is 1. The van der Waals surface area contributed by atoms with E-state index in [2.05, 4.69) is 4.99 Å². The van der Waals surface area contributed by atoms with Crippen LogP contribution in [-0.2, 0) is 11.3 Å². The van der Waals surface area contributed by atoms with E-state index in [4.69, 9.17) is 4.74 Å². The van der Waals surface area contributed by atoms with Crippen molar-refractivity contribution in [1.82, 2.24) is 4.57 Å². The van der Waals surface area contributed by atoms with Crippen molar-refractivity contribution < 1.29 is 13.9 Å². The Bertz CT molecular complexity index is 916. The molecule has 4 nitrogen and oxygen atoms in total. The Kier molecular flexibility index (Phi) is 5.05. The fourth-order valence-electron chi connectivity index (χ4n) is 2.40. The number of benzene rings is 2. The highest BCUT2D eigenvalue weighted by Crippen LogP contribution is 2.20. The Morgan fingerprint density at radius 3 is 2.75 bits per heavy atom. The average Bonchev–Trinajstić information content (AvgIpc) is 2.94. The van der Waals surface area contributed by atoms with E-state index in [1.807, 2.05) is 43.3 Å². The van der Waals surface area contributed by atoms with Crippen LogP contribution in [0.4, 0.5) is 4.39 Å². The van der Waals surface area contributed by atoms with Crippen LogP contribution < -0.4 is 9.54 Å². The van der Waals surface area contributed by atoms with Crippen LogP contribution in [0.5, 0.6) is 5.75 Å². The summed E-state index contributed by atoms with van der Waals surface area (Å²) in [7, 11) is 0. The van der Waals surface area contributed by atoms with Gasteiger partial charge in [-0.3, -0.25) is 4.79 Å². The monoisotopic (exact) mass is 344 g/mol. The predicted molar refractivity (Wildman–Crippen MR) is 92.6 cm³/mol. The van der Waals surface area contributed by atoms with Gasteiger partial charge in [-0.15, -0.1) is 0 Å². The maximum absolute atomic E-state index is 14.0. The van der Waals surface area contributed by atoms with Gasteiger partial charge in [-0.1, -0.05) is 35.6 Å². The SMILES string of the molecule is CCn1c(=NC(=O)CCOc2ccccc2)sc2cccc(F)c21. The molecular weight excluding hydrogens is 327 g/mol. The molecule has 0 saturated carbocycles. The second-order valence-electron chi connectivity index (χ2n) is 5.13. The van der Waals surface area contributed by atoms with E-state index < -0.39 is 0 Å². The maximum atomic E-state index is 14.0. The molecule has 2 aromatic carbocycles. The van der Waals surface area contributed by atoms with Gasteiger partial charge >= 0.3 is 0 Å². The lowest BCUT2D eigenvalue weighted by molar-refractivity contribution is -0.118. The lowest BCUT2D eigenvalue weighted by Gasteiger charge is -2.03. The molecule has 3 rings (SSSR count). The van der Waals surface area contributed by atoms with Crippen molar-refractivity contribution in [3.05, 3.63) is 59.1 Å². The second-order valence-corrected chi connectivity index (χ2v) is 6.14. The third kappa shape index (κ3) is 3.54. The summed E-state index contributed by atoms with van der Waals surface area (Å²) in [5.41, 5.74) is 0.497. The minimum atomic E-state index is -0.299. The van der Waals surface area contributed by atoms with Gasteiger partial charge in [0.05, 0.1) is 23.2 Å². The van der Waals surface area contributed by atoms with Crippen LogP contribution in [0.2, 0.25) is 0 Å². The number of thiazole rings is 1. The number of aromatic nitrogens is 1. The number of hydrogen-bond acceptors (Lipinski definition) is 3. The zero-order valence-corrected chi connectivity index (χ0v) is 14.1. The van der Waals surface area contributed by atoms with Crippen LogP contribution in [0.3, 0.4) is 0 Å². The molecule has 1 amide bonds. The Balaban J connectivity index is 1.77. The molecule has 1 heterocycles. The first-order valence-electron chi connectivity index (χ1n) is 7.72. The van der Waals surface area contributed by atoms with Crippen molar-refractivity contribution in [3.8, 4) is 5.75 Å². The Morgan fingerprint density at radius 1 is 1.21 bits per heavy atom. The quantitative estimate of drug-likeness (QED) is 0.707. The molecule has 0 N–H and O–H groups in total. The van der Waals surface area contributed by atoms with Crippen molar-refractivity contribution in [2.24, 2.45) is 4.99 Å². The van der Waals surface area contributed by atoms with Gasteiger partial charge in [0.25, 0.3) is 5.91 Å². The molecule has 0 aliphatic carbocycles. The Morgan fingerprint density at radius 2 is 2.00 bits per heavy atom. The number of carbonyl (C=O) groups excluding carboxylic acids is 1. The molecule has 124 valence electrons. The number of rotatable bonds is 5. The van der Waals surface area contributed by atoms with Gasteiger partial charge < -0.3 is 9.30 Å². The van der Waals surface area contributed by atoms with E-state index in [1.54, 1.807) is 10.6 Å². The zero-order chi connectivity index (χ0) is 16.9. The largest absolute Gasteiger partial charge is 0.493 e. The van der Waals surface area contributed by atoms with Gasteiger partial charge in [-0.25, -0.2) is 4.39 Å². The average molecular weight is 344 g/mol. The summed E-state index contributed by atoms with van der Waals surface area (Å²) in [4.78, 5) is 16.7. The van der Waals surface area contributed by atoms with Gasteiger partial charge in [0.1, 0.15) is 11.6 Å². The van der Waals surface area contributed by atoms with E-state index in [0.717, 1.165) is 10.4 Å². The topological polar surface area (TPSA) is 43.6 Å². The van der Waals surface area contributed by atoms with E-state index in [-0.39, 0.29) is 24.8 Å². The third-order valence-electron chi connectivity index (χ3n) is 3.52. The number of nitrogens with zero attached hydrogens (tertiary/aromatic N) is 2. The summed E-state index contributed by atoms with van der Waals surface area (Å²) >= 11 is 1.32. The van der Waals surface area contributed by atoms with Gasteiger partial charge in [0.2, 0.25) is 0 Å².